The van der Waals surface area contributed by atoms with Gasteiger partial charge in [-0.15, -0.1) is 0 Å². The van der Waals surface area contributed by atoms with Crippen LogP contribution in [0.5, 0.6) is 5.75 Å². The first-order valence-electron chi connectivity index (χ1n) is 7.06. The number of carbonyl (C=O) groups is 1. The van der Waals surface area contributed by atoms with Crippen LogP contribution >= 0.6 is 0 Å². The van der Waals surface area contributed by atoms with E-state index in [-0.39, 0.29) is 18.2 Å². The van der Waals surface area contributed by atoms with Crippen molar-refractivity contribution in [3.63, 3.8) is 0 Å². The standard InChI is InChI=1S/C14H20N2O4S/c1-2-3-10-21(18,19)15-9-8-13-14(17)16-11-6-4-5-7-12(11)20-13/h4-7,13,15H,2-3,8-10H2,1H3,(H,16,17). The van der Waals surface area contributed by atoms with E-state index in [1.54, 1.807) is 12.1 Å². The second-order valence-electron chi connectivity index (χ2n) is 4.95. The number of carbonyl (C=O) groups excluding carboxylic acids is 1. The number of para-hydroxylation sites is 2. The average Bonchev–Trinajstić information content (AvgIpc) is 2.45. The van der Waals surface area contributed by atoms with Crippen molar-refractivity contribution >= 4 is 21.6 Å². The minimum atomic E-state index is -3.26. The van der Waals surface area contributed by atoms with E-state index in [0.29, 0.717) is 24.3 Å². The molecule has 0 aliphatic carbocycles. The predicted molar refractivity (Wildman–Crippen MR) is 80.8 cm³/mol. The molecule has 1 aliphatic heterocycles. The van der Waals surface area contributed by atoms with Gasteiger partial charge in [-0.2, -0.15) is 0 Å². The number of anilines is 1. The lowest BCUT2D eigenvalue weighted by molar-refractivity contribution is -0.123. The minimum absolute atomic E-state index is 0.115. The fourth-order valence-electron chi connectivity index (χ4n) is 2.03. The molecule has 1 aromatic carbocycles. The predicted octanol–water partition coefficient (Wildman–Crippen LogP) is 1.50. The quantitative estimate of drug-likeness (QED) is 0.799. The number of fused-ring (bicyclic) bond motifs is 1. The Balaban J connectivity index is 1.86. The largest absolute Gasteiger partial charge is 0.478 e. The van der Waals surface area contributed by atoms with Gasteiger partial charge in [-0.3, -0.25) is 4.79 Å². The first-order chi connectivity index (χ1) is 10.0. The first kappa shape index (κ1) is 15.8. The topological polar surface area (TPSA) is 84.5 Å². The second kappa shape index (κ2) is 6.91. The maximum Gasteiger partial charge on any atom is 0.265 e. The maximum absolute atomic E-state index is 11.9. The van der Waals surface area contributed by atoms with Crippen LogP contribution in [0, 0.1) is 0 Å². The van der Waals surface area contributed by atoms with Crippen molar-refractivity contribution in [3.05, 3.63) is 24.3 Å². The smallest absolute Gasteiger partial charge is 0.265 e. The van der Waals surface area contributed by atoms with Crippen LogP contribution in [0.25, 0.3) is 0 Å². The number of hydrogen-bond donors (Lipinski definition) is 2. The molecule has 0 spiro atoms. The number of sulfonamides is 1. The molecule has 1 unspecified atom stereocenters. The summed E-state index contributed by atoms with van der Waals surface area (Å²) in [5.74, 6) is 0.474. The van der Waals surface area contributed by atoms with Crippen LogP contribution in [0.3, 0.4) is 0 Å². The summed E-state index contributed by atoms with van der Waals surface area (Å²) in [6.07, 6.45) is 1.08. The molecular formula is C14H20N2O4S. The van der Waals surface area contributed by atoms with Gasteiger partial charge in [0.1, 0.15) is 5.75 Å². The summed E-state index contributed by atoms with van der Waals surface area (Å²) in [5.41, 5.74) is 0.641. The molecule has 0 aromatic heterocycles. The van der Waals surface area contributed by atoms with E-state index < -0.39 is 16.1 Å². The van der Waals surface area contributed by atoms with Gasteiger partial charge in [0.05, 0.1) is 11.4 Å². The monoisotopic (exact) mass is 312 g/mol. The Bertz CT molecular complexity index is 601. The van der Waals surface area contributed by atoms with Gasteiger partial charge in [0.2, 0.25) is 10.0 Å². The number of hydrogen-bond acceptors (Lipinski definition) is 4. The summed E-state index contributed by atoms with van der Waals surface area (Å²) in [7, 11) is -3.26. The maximum atomic E-state index is 11.9. The van der Waals surface area contributed by atoms with E-state index in [0.717, 1.165) is 6.42 Å². The normalized spacial score (nSPS) is 17.8. The van der Waals surface area contributed by atoms with Crippen LogP contribution in [0.1, 0.15) is 26.2 Å². The number of nitrogens with one attached hydrogen (secondary N) is 2. The van der Waals surface area contributed by atoms with Gasteiger partial charge >= 0.3 is 0 Å². The Morgan fingerprint density at radius 2 is 2.10 bits per heavy atom. The van der Waals surface area contributed by atoms with Crippen LogP contribution < -0.4 is 14.8 Å². The van der Waals surface area contributed by atoms with E-state index in [4.69, 9.17) is 4.74 Å². The third-order valence-corrected chi connectivity index (χ3v) is 4.67. The van der Waals surface area contributed by atoms with Crippen molar-refractivity contribution in [2.45, 2.75) is 32.3 Å². The molecule has 0 radical (unpaired) electrons. The Morgan fingerprint density at radius 1 is 1.33 bits per heavy atom. The van der Waals surface area contributed by atoms with Crippen molar-refractivity contribution in [3.8, 4) is 5.75 Å². The SMILES string of the molecule is CCCCS(=O)(=O)NCCC1Oc2ccccc2NC1=O. The zero-order chi connectivity index (χ0) is 15.3. The highest BCUT2D eigenvalue weighted by molar-refractivity contribution is 7.89. The molecule has 1 amide bonds. The number of amides is 1. The van der Waals surface area contributed by atoms with E-state index in [2.05, 4.69) is 10.0 Å². The molecule has 0 bridgehead atoms. The fraction of sp³-hybridized carbons (Fsp3) is 0.500. The van der Waals surface area contributed by atoms with Crippen LogP contribution in [0.4, 0.5) is 5.69 Å². The van der Waals surface area contributed by atoms with Gasteiger partial charge in [-0.05, 0) is 18.6 Å². The van der Waals surface area contributed by atoms with Crippen molar-refractivity contribution in [2.24, 2.45) is 0 Å². The highest BCUT2D eigenvalue weighted by Crippen LogP contribution is 2.29. The fourth-order valence-corrected chi connectivity index (χ4v) is 3.28. The number of ether oxygens (including phenoxy) is 1. The molecule has 1 aliphatic rings. The Hall–Kier alpha value is -1.60. The molecule has 1 atom stereocenters. The summed E-state index contributed by atoms with van der Waals surface area (Å²) < 4.78 is 31.4. The molecule has 0 saturated heterocycles. The van der Waals surface area contributed by atoms with Crippen molar-refractivity contribution in [1.82, 2.24) is 4.72 Å². The summed E-state index contributed by atoms with van der Waals surface area (Å²) in [4.78, 5) is 11.9. The molecule has 6 nitrogen and oxygen atoms in total. The molecule has 0 saturated carbocycles. The van der Waals surface area contributed by atoms with E-state index in [9.17, 15) is 13.2 Å². The van der Waals surface area contributed by atoms with Gasteiger partial charge in [0, 0.05) is 13.0 Å². The third-order valence-electron chi connectivity index (χ3n) is 3.20. The number of unbranched alkanes of at least 4 members (excludes halogenated alkanes) is 1. The zero-order valence-electron chi connectivity index (χ0n) is 12.0. The summed E-state index contributed by atoms with van der Waals surface area (Å²) in [5, 5.41) is 2.75. The molecule has 1 aromatic rings. The average molecular weight is 312 g/mol. The summed E-state index contributed by atoms with van der Waals surface area (Å²) in [6, 6.07) is 7.16. The van der Waals surface area contributed by atoms with E-state index >= 15 is 0 Å². The molecule has 7 heteroatoms. The molecule has 1 heterocycles. The number of benzene rings is 1. The van der Waals surface area contributed by atoms with Crippen molar-refractivity contribution in [2.75, 3.05) is 17.6 Å². The van der Waals surface area contributed by atoms with E-state index in [1.165, 1.54) is 0 Å². The lowest BCUT2D eigenvalue weighted by Gasteiger charge is -2.25. The molecule has 0 fully saturated rings. The van der Waals surface area contributed by atoms with Crippen LogP contribution in [-0.4, -0.2) is 32.7 Å². The van der Waals surface area contributed by atoms with Gasteiger partial charge in [0.25, 0.3) is 5.91 Å². The van der Waals surface area contributed by atoms with Crippen molar-refractivity contribution in [1.29, 1.82) is 0 Å². The summed E-state index contributed by atoms with van der Waals surface area (Å²) >= 11 is 0. The van der Waals surface area contributed by atoms with Gasteiger partial charge in [0.15, 0.2) is 6.10 Å². The van der Waals surface area contributed by atoms with Crippen LogP contribution in [0.2, 0.25) is 0 Å². The molecular weight excluding hydrogens is 292 g/mol. The Labute approximate surface area is 124 Å². The molecule has 116 valence electrons. The van der Waals surface area contributed by atoms with Gasteiger partial charge in [-0.1, -0.05) is 25.5 Å². The molecule has 2 N–H and O–H groups in total. The van der Waals surface area contributed by atoms with Crippen molar-refractivity contribution < 1.29 is 17.9 Å². The van der Waals surface area contributed by atoms with Crippen LogP contribution in [-0.2, 0) is 14.8 Å². The lowest BCUT2D eigenvalue weighted by Crippen LogP contribution is -2.40. The highest BCUT2D eigenvalue weighted by atomic mass is 32.2. The second-order valence-corrected chi connectivity index (χ2v) is 6.87. The van der Waals surface area contributed by atoms with E-state index in [1.807, 2.05) is 19.1 Å². The van der Waals surface area contributed by atoms with Crippen LogP contribution in [0.15, 0.2) is 24.3 Å². The first-order valence-corrected chi connectivity index (χ1v) is 8.71. The Morgan fingerprint density at radius 3 is 2.86 bits per heavy atom. The molecule has 21 heavy (non-hydrogen) atoms. The van der Waals surface area contributed by atoms with Gasteiger partial charge in [-0.25, -0.2) is 13.1 Å². The zero-order valence-corrected chi connectivity index (χ0v) is 12.8. The minimum Gasteiger partial charge on any atom is -0.478 e. The lowest BCUT2D eigenvalue weighted by atomic mass is 10.2. The van der Waals surface area contributed by atoms with Gasteiger partial charge < -0.3 is 10.1 Å². The third kappa shape index (κ3) is 4.44. The summed E-state index contributed by atoms with van der Waals surface area (Å²) in [6.45, 7) is 2.12. The highest BCUT2D eigenvalue weighted by Gasteiger charge is 2.27. The Kier molecular flexibility index (Phi) is 5.19. The number of rotatable bonds is 7. The molecule has 2 rings (SSSR count).